The third kappa shape index (κ3) is 19.8. The van der Waals surface area contributed by atoms with Gasteiger partial charge >= 0.3 is 13.3 Å². The maximum absolute atomic E-state index is 12.2. The van der Waals surface area contributed by atoms with Gasteiger partial charge in [0, 0.05) is 18.6 Å². The Kier molecular flexibility index (Phi) is 23.7. The Labute approximate surface area is 253 Å². The number of aliphatic hydroxyl groups excluding tert-OH is 1. The molecule has 0 heterocycles. The van der Waals surface area contributed by atoms with E-state index in [1.54, 1.807) is 0 Å². The maximum atomic E-state index is 12.2. The molecule has 1 aromatic rings. The number of unbranched alkanes of at least 4 members (excludes halogenated alkanes) is 15. The van der Waals surface area contributed by atoms with Crippen molar-refractivity contribution in [3.8, 4) is 0 Å². The molecule has 0 aliphatic carbocycles. The van der Waals surface area contributed by atoms with Gasteiger partial charge in [-0.3, -0.25) is 0 Å². The zero-order valence-corrected chi connectivity index (χ0v) is 27.1. The molecule has 1 aromatic carbocycles. The summed E-state index contributed by atoms with van der Waals surface area (Å²) >= 11 is 0.518. The summed E-state index contributed by atoms with van der Waals surface area (Å²) in [7, 11) is -4.67. The van der Waals surface area contributed by atoms with Crippen molar-refractivity contribution < 1.29 is 37.5 Å². The van der Waals surface area contributed by atoms with Crippen LogP contribution in [0, 0.1) is 0 Å². The van der Waals surface area contributed by atoms with E-state index in [9.17, 15) is 19.4 Å². The van der Waals surface area contributed by atoms with Crippen LogP contribution in [-0.2, 0) is 29.4 Å². The van der Waals surface area contributed by atoms with Crippen LogP contribution in [0.1, 0.15) is 122 Å². The molecular formula is C31H55O8PS. The summed E-state index contributed by atoms with van der Waals surface area (Å²) in [5.74, 6) is 0. The molecule has 0 amide bonds. The molecule has 0 aromatic heterocycles. The van der Waals surface area contributed by atoms with Gasteiger partial charge in [-0.2, -0.15) is 0 Å². The van der Waals surface area contributed by atoms with Crippen molar-refractivity contribution in [2.75, 3.05) is 19.8 Å². The summed E-state index contributed by atoms with van der Waals surface area (Å²) in [5, 5.41) is 9.94. The lowest BCUT2D eigenvalue weighted by Gasteiger charge is -2.25. The number of ether oxygens (including phenoxy) is 3. The zero-order valence-electron chi connectivity index (χ0n) is 25.4. The van der Waals surface area contributed by atoms with E-state index in [-0.39, 0.29) is 19.8 Å². The van der Waals surface area contributed by atoms with E-state index in [0.717, 1.165) is 24.8 Å². The Hall–Kier alpha value is -0.930. The van der Waals surface area contributed by atoms with Gasteiger partial charge in [0.15, 0.2) is 5.44 Å². The standard InChI is InChI=1S/C31H55O8PS/c1-3-5-6-7-8-9-10-11-12-13-14-15-16-17-18-22-25-37-30(41-39-40(34,35)31(33)36-4-2)29(26-32)38-27-28-23-20-19-21-24-28/h19-21,23-24,29-30,32H,3-18,22,25-27H2,1-2H3,(H,34,35)/t29-,30?/m0/s1. The molecule has 1 rings (SSSR count). The molecule has 0 aliphatic heterocycles. The molecule has 0 saturated carbocycles. The predicted molar refractivity (Wildman–Crippen MR) is 167 cm³/mol. The lowest BCUT2D eigenvalue weighted by Crippen LogP contribution is -2.33. The monoisotopic (exact) mass is 618 g/mol. The first-order valence-electron chi connectivity index (χ1n) is 15.7. The van der Waals surface area contributed by atoms with Crippen LogP contribution in [0.2, 0.25) is 0 Å². The number of aliphatic hydroxyl groups is 1. The van der Waals surface area contributed by atoms with E-state index >= 15 is 0 Å². The highest BCUT2D eigenvalue weighted by Crippen LogP contribution is 2.49. The third-order valence-corrected chi connectivity index (χ3v) is 9.18. The van der Waals surface area contributed by atoms with Gasteiger partial charge in [-0.25, -0.2) is 13.3 Å². The third-order valence-electron chi connectivity index (χ3n) is 6.81. The highest BCUT2D eigenvalue weighted by molar-refractivity contribution is 8.00. The number of carbonyl (C=O) groups is 1. The van der Waals surface area contributed by atoms with Crippen molar-refractivity contribution >= 4 is 25.3 Å². The van der Waals surface area contributed by atoms with Gasteiger partial charge in [-0.05, 0) is 18.9 Å². The minimum Gasteiger partial charge on any atom is -0.457 e. The molecule has 41 heavy (non-hydrogen) atoms. The Balaban J connectivity index is 2.29. The molecule has 10 heteroatoms. The molecule has 0 aliphatic rings. The highest BCUT2D eigenvalue weighted by atomic mass is 32.2. The van der Waals surface area contributed by atoms with Crippen LogP contribution >= 0.6 is 19.6 Å². The second kappa shape index (κ2) is 25.6. The number of rotatable bonds is 28. The second-order valence-corrected chi connectivity index (χ2v) is 13.1. The highest BCUT2D eigenvalue weighted by Gasteiger charge is 2.36. The van der Waals surface area contributed by atoms with Gasteiger partial charge in [0.1, 0.15) is 6.10 Å². The van der Waals surface area contributed by atoms with E-state index in [1.807, 2.05) is 30.3 Å². The lowest BCUT2D eigenvalue weighted by atomic mass is 10.0. The van der Waals surface area contributed by atoms with E-state index < -0.39 is 24.8 Å². The molecule has 0 fully saturated rings. The van der Waals surface area contributed by atoms with Crippen molar-refractivity contribution in [2.24, 2.45) is 0 Å². The molecule has 8 nitrogen and oxygen atoms in total. The number of hydrogen-bond acceptors (Lipinski definition) is 8. The van der Waals surface area contributed by atoms with Crippen LogP contribution in [0.4, 0.5) is 4.79 Å². The van der Waals surface area contributed by atoms with Crippen molar-refractivity contribution in [1.82, 2.24) is 0 Å². The number of benzene rings is 1. The molecule has 0 bridgehead atoms. The van der Waals surface area contributed by atoms with E-state index in [4.69, 9.17) is 13.4 Å². The first-order chi connectivity index (χ1) is 19.9. The summed E-state index contributed by atoms with van der Waals surface area (Å²) in [5.41, 5.74) is -1.32. The van der Waals surface area contributed by atoms with Crippen LogP contribution in [0.5, 0.6) is 0 Å². The van der Waals surface area contributed by atoms with Crippen LogP contribution in [0.15, 0.2) is 30.3 Å². The van der Waals surface area contributed by atoms with Gasteiger partial charge in [-0.15, -0.1) is 0 Å². The Morgan fingerprint density at radius 1 is 0.805 bits per heavy atom. The second-order valence-electron chi connectivity index (χ2n) is 10.5. The zero-order chi connectivity index (χ0) is 30.0. The van der Waals surface area contributed by atoms with Crippen LogP contribution < -0.4 is 0 Å². The topological polar surface area (TPSA) is 112 Å². The minimum absolute atomic E-state index is 0.0456. The average Bonchev–Trinajstić information content (AvgIpc) is 2.97. The first kappa shape index (κ1) is 38.1. The SMILES string of the molecule is CCCCCCCCCCCCCCCCCCOC(SOP(=O)(O)C(=O)OCC)[C@H](CO)OCc1ccccc1. The van der Waals surface area contributed by atoms with Gasteiger partial charge in [0.05, 0.1) is 19.8 Å². The van der Waals surface area contributed by atoms with Gasteiger partial charge in [0.2, 0.25) is 0 Å². The van der Waals surface area contributed by atoms with Gasteiger partial charge < -0.3 is 24.2 Å². The van der Waals surface area contributed by atoms with Crippen molar-refractivity contribution in [3.63, 3.8) is 0 Å². The molecule has 238 valence electrons. The molecule has 0 spiro atoms. The van der Waals surface area contributed by atoms with Crippen LogP contribution in [0.25, 0.3) is 0 Å². The van der Waals surface area contributed by atoms with Gasteiger partial charge in [-0.1, -0.05) is 134 Å². The molecule has 2 N–H and O–H groups in total. The van der Waals surface area contributed by atoms with Crippen molar-refractivity contribution in [1.29, 1.82) is 0 Å². The summed E-state index contributed by atoms with van der Waals surface area (Å²) in [4.78, 5) is 21.7. The summed E-state index contributed by atoms with van der Waals surface area (Å²) < 4.78 is 33.5. The number of carbonyl (C=O) groups excluding carboxylic acids is 1. The van der Waals surface area contributed by atoms with E-state index in [1.165, 1.54) is 90.4 Å². The molecule has 0 saturated heterocycles. The fraction of sp³-hybridized carbons (Fsp3) is 0.774. The average molecular weight is 619 g/mol. The lowest BCUT2D eigenvalue weighted by molar-refractivity contribution is -0.0659. The molecule has 0 radical (unpaired) electrons. The minimum atomic E-state index is -4.67. The van der Waals surface area contributed by atoms with Gasteiger partial charge in [0.25, 0.3) is 0 Å². The van der Waals surface area contributed by atoms with Crippen molar-refractivity contribution in [2.45, 2.75) is 135 Å². The Morgan fingerprint density at radius 3 is 1.80 bits per heavy atom. The number of hydrogen-bond donors (Lipinski definition) is 2. The summed E-state index contributed by atoms with van der Waals surface area (Å²) in [6, 6.07) is 9.46. The smallest absolute Gasteiger partial charge is 0.446 e. The largest absolute Gasteiger partial charge is 0.457 e. The fourth-order valence-corrected chi connectivity index (χ4v) is 6.16. The van der Waals surface area contributed by atoms with E-state index in [0.29, 0.717) is 18.6 Å². The quantitative estimate of drug-likeness (QED) is 0.0411. The molecule has 3 atom stereocenters. The maximum Gasteiger partial charge on any atom is 0.446 e. The Morgan fingerprint density at radius 2 is 1.32 bits per heavy atom. The first-order valence-corrected chi connectivity index (χ1v) is 18.1. The van der Waals surface area contributed by atoms with Crippen LogP contribution in [0.3, 0.4) is 0 Å². The van der Waals surface area contributed by atoms with Crippen LogP contribution in [-0.4, -0.2) is 47.1 Å². The summed E-state index contributed by atoms with van der Waals surface area (Å²) in [6.45, 7) is 3.96. The predicted octanol–water partition coefficient (Wildman–Crippen LogP) is 9.18. The fourth-order valence-electron chi connectivity index (χ4n) is 4.38. The Bertz CT molecular complexity index is 798. The molecular weight excluding hydrogens is 563 g/mol. The molecule has 2 unspecified atom stereocenters. The van der Waals surface area contributed by atoms with E-state index in [2.05, 4.69) is 11.7 Å². The van der Waals surface area contributed by atoms with Crippen molar-refractivity contribution in [3.05, 3.63) is 35.9 Å². The normalized spacial score (nSPS) is 14.4. The summed E-state index contributed by atoms with van der Waals surface area (Å²) in [6.07, 6.45) is 19.5.